The van der Waals surface area contributed by atoms with Crippen LogP contribution in [0.1, 0.15) is 72.3 Å². The van der Waals surface area contributed by atoms with Crippen molar-refractivity contribution in [3.05, 3.63) is 42.0 Å². The molecule has 3 N–H and O–H groups in total. The smallest absolute Gasteiger partial charge is 0.116 e. The Bertz CT molecular complexity index is 622. The van der Waals surface area contributed by atoms with E-state index in [1.54, 1.807) is 12.1 Å². The lowest BCUT2D eigenvalue weighted by atomic mass is 9.72. The summed E-state index contributed by atoms with van der Waals surface area (Å²) >= 11 is 0. The first-order chi connectivity index (χ1) is 11.9. The van der Waals surface area contributed by atoms with Crippen LogP contribution in [0, 0.1) is 11.3 Å². The van der Waals surface area contributed by atoms with Crippen LogP contribution in [0.2, 0.25) is 0 Å². The topological polar surface area (TPSA) is 46.2 Å². The van der Waals surface area contributed by atoms with Crippen molar-refractivity contribution in [1.82, 2.24) is 0 Å². The van der Waals surface area contributed by atoms with Crippen molar-refractivity contribution in [3.63, 3.8) is 0 Å². The number of aromatic hydroxyl groups is 1. The number of fused-ring (bicyclic) bond motifs is 1. The van der Waals surface area contributed by atoms with Crippen LogP contribution < -0.4 is 5.73 Å². The standard InChI is InChI=1S/C11H11NO.C10H20.C2H6/c12-7-8-1-2-10-6-11(13)4-3-9(10)5-8;1-10(2,3)9-7-5-4-6-8-9;1-2/h1-6,13H,7,12H2;9H,4-8H2,1-3H3;1-2H3. The number of rotatable bonds is 1. The Morgan fingerprint density at radius 2 is 1.48 bits per heavy atom. The minimum atomic E-state index is 0.299. The van der Waals surface area contributed by atoms with Crippen molar-refractivity contribution in [1.29, 1.82) is 0 Å². The molecule has 3 rings (SSSR count). The number of hydrogen-bond acceptors (Lipinski definition) is 2. The van der Waals surface area contributed by atoms with Gasteiger partial charge in [-0.05, 0) is 58.7 Å². The van der Waals surface area contributed by atoms with Gasteiger partial charge in [-0.25, -0.2) is 0 Å². The van der Waals surface area contributed by atoms with Crippen LogP contribution >= 0.6 is 0 Å². The van der Waals surface area contributed by atoms with Gasteiger partial charge in [-0.3, -0.25) is 0 Å². The van der Waals surface area contributed by atoms with Crippen LogP contribution in [0.3, 0.4) is 0 Å². The maximum Gasteiger partial charge on any atom is 0.116 e. The predicted molar refractivity (Wildman–Crippen MR) is 111 cm³/mol. The molecule has 0 aliphatic heterocycles. The Kier molecular flexibility index (Phi) is 8.99. The third-order valence-corrected chi connectivity index (χ3v) is 4.95. The summed E-state index contributed by atoms with van der Waals surface area (Å²) in [5.41, 5.74) is 7.20. The molecule has 0 heterocycles. The van der Waals surface area contributed by atoms with Crippen LogP contribution in [-0.4, -0.2) is 5.11 Å². The van der Waals surface area contributed by atoms with Gasteiger partial charge in [-0.15, -0.1) is 0 Å². The van der Waals surface area contributed by atoms with Crippen molar-refractivity contribution in [2.24, 2.45) is 17.1 Å². The Morgan fingerprint density at radius 1 is 0.920 bits per heavy atom. The van der Waals surface area contributed by atoms with Crippen molar-refractivity contribution in [2.75, 3.05) is 0 Å². The molecule has 2 nitrogen and oxygen atoms in total. The molecule has 1 aliphatic rings. The lowest BCUT2D eigenvalue weighted by Gasteiger charge is -2.33. The lowest BCUT2D eigenvalue weighted by molar-refractivity contribution is 0.180. The first-order valence-electron chi connectivity index (χ1n) is 9.82. The number of hydrogen-bond donors (Lipinski definition) is 2. The average molecular weight is 344 g/mol. The maximum absolute atomic E-state index is 9.23. The zero-order valence-electron chi connectivity index (χ0n) is 16.8. The molecule has 2 heteroatoms. The van der Waals surface area contributed by atoms with E-state index in [1.165, 1.54) is 32.1 Å². The van der Waals surface area contributed by atoms with Gasteiger partial charge in [0.15, 0.2) is 0 Å². The molecule has 0 saturated heterocycles. The second-order valence-corrected chi connectivity index (χ2v) is 7.77. The van der Waals surface area contributed by atoms with E-state index in [0.29, 0.717) is 17.7 Å². The maximum atomic E-state index is 9.23. The highest BCUT2D eigenvalue weighted by Crippen LogP contribution is 2.37. The molecular formula is C23H37NO. The molecule has 0 spiro atoms. The molecule has 25 heavy (non-hydrogen) atoms. The van der Waals surface area contributed by atoms with Crippen LogP contribution in [0.15, 0.2) is 36.4 Å². The second kappa shape index (κ2) is 10.5. The largest absolute Gasteiger partial charge is 0.508 e. The van der Waals surface area contributed by atoms with Crippen LogP contribution in [0.4, 0.5) is 0 Å². The monoisotopic (exact) mass is 343 g/mol. The van der Waals surface area contributed by atoms with Crippen LogP contribution in [-0.2, 0) is 6.54 Å². The highest BCUT2D eigenvalue weighted by Gasteiger charge is 2.25. The minimum absolute atomic E-state index is 0.299. The molecule has 2 aromatic rings. The van der Waals surface area contributed by atoms with E-state index in [4.69, 9.17) is 5.73 Å². The summed E-state index contributed by atoms with van der Waals surface area (Å²) < 4.78 is 0. The van der Waals surface area contributed by atoms with Gasteiger partial charge in [-0.2, -0.15) is 0 Å². The SMILES string of the molecule is CC.CC(C)(C)C1CCCCC1.NCc1ccc2cc(O)ccc2c1. The van der Waals surface area contributed by atoms with Crippen molar-refractivity contribution in [3.8, 4) is 5.75 Å². The highest BCUT2D eigenvalue weighted by molar-refractivity contribution is 5.84. The van der Waals surface area contributed by atoms with Gasteiger partial charge in [0.05, 0.1) is 0 Å². The Morgan fingerprint density at radius 3 is 2.00 bits per heavy atom. The first kappa shape index (κ1) is 21.5. The summed E-state index contributed by atoms with van der Waals surface area (Å²) in [5.74, 6) is 1.30. The first-order valence-corrected chi connectivity index (χ1v) is 9.82. The molecule has 0 bridgehead atoms. The summed E-state index contributed by atoms with van der Waals surface area (Å²) in [6, 6.07) is 11.3. The van der Waals surface area contributed by atoms with Crippen molar-refractivity contribution < 1.29 is 5.11 Å². The second-order valence-electron chi connectivity index (χ2n) is 7.77. The number of benzene rings is 2. The summed E-state index contributed by atoms with van der Waals surface area (Å²) in [4.78, 5) is 0. The Labute approximate surface area is 154 Å². The van der Waals surface area contributed by atoms with Crippen molar-refractivity contribution >= 4 is 10.8 Å². The molecule has 0 atom stereocenters. The van der Waals surface area contributed by atoms with Gasteiger partial charge in [-0.1, -0.05) is 72.1 Å². The highest BCUT2D eigenvalue weighted by atomic mass is 16.3. The molecular weight excluding hydrogens is 306 g/mol. The van der Waals surface area contributed by atoms with Crippen LogP contribution in [0.25, 0.3) is 10.8 Å². The molecule has 1 saturated carbocycles. The Hall–Kier alpha value is -1.54. The van der Waals surface area contributed by atoms with E-state index < -0.39 is 0 Å². The number of phenolic OH excluding ortho intramolecular Hbond substituents is 1. The average Bonchev–Trinajstić information content (AvgIpc) is 2.63. The fraction of sp³-hybridized carbons (Fsp3) is 0.565. The Balaban J connectivity index is 0.000000235. The fourth-order valence-electron chi connectivity index (χ4n) is 3.38. The lowest BCUT2D eigenvalue weighted by Crippen LogP contribution is -2.22. The molecule has 0 radical (unpaired) electrons. The summed E-state index contributed by atoms with van der Waals surface area (Å²) in [6.45, 7) is 11.7. The normalized spacial score (nSPS) is 15.0. The number of nitrogens with two attached hydrogens (primary N) is 1. The molecule has 0 aromatic heterocycles. The summed E-state index contributed by atoms with van der Waals surface area (Å²) in [7, 11) is 0. The molecule has 2 aromatic carbocycles. The third-order valence-electron chi connectivity index (χ3n) is 4.95. The minimum Gasteiger partial charge on any atom is -0.508 e. The van der Waals surface area contributed by atoms with E-state index in [0.717, 1.165) is 22.3 Å². The quantitative estimate of drug-likeness (QED) is 0.609. The third kappa shape index (κ3) is 7.07. The number of phenols is 1. The zero-order valence-corrected chi connectivity index (χ0v) is 16.8. The van der Waals surface area contributed by atoms with E-state index in [-0.39, 0.29) is 0 Å². The van der Waals surface area contributed by atoms with Gasteiger partial charge in [0, 0.05) is 6.54 Å². The van der Waals surface area contributed by atoms with Gasteiger partial charge in [0.25, 0.3) is 0 Å². The fourth-order valence-corrected chi connectivity index (χ4v) is 3.38. The van der Waals surface area contributed by atoms with E-state index in [9.17, 15) is 5.11 Å². The van der Waals surface area contributed by atoms with Crippen molar-refractivity contribution in [2.45, 2.75) is 73.3 Å². The van der Waals surface area contributed by atoms with E-state index >= 15 is 0 Å². The summed E-state index contributed by atoms with van der Waals surface area (Å²) in [6.07, 6.45) is 7.38. The molecule has 0 unspecified atom stereocenters. The van der Waals surface area contributed by atoms with E-state index in [2.05, 4.69) is 20.8 Å². The predicted octanol–water partition coefficient (Wildman–Crippen LogP) is 6.64. The van der Waals surface area contributed by atoms with Gasteiger partial charge in [0.2, 0.25) is 0 Å². The van der Waals surface area contributed by atoms with Gasteiger partial charge < -0.3 is 10.8 Å². The van der Waals surface area contributed by atoms with Gasteiger partial charge >= 0.3 is 0 Å². The molecule has 140 valence electrons. The molecule has 1 fully saturated rings. The van der Waals surface area contributed by atoms with Crippen LogP contribution in [0.5, 0.6) is 5.75 Å². The zero-order chi connectivity index (χ0) is 18.9. The van der Waals surface area contributed by atoms with E-state index in [1.807, 2.05) is 38.1 Å². The summed E-state index contributed by atoms with van der Waals surface area (Å²) in [5, 5.41) is 11.4. The molecule has 1 aliphatic carbocycles. The van der Waals surface area contributed by atoms with Gasteiger partial charge in [0.1, 0.15) is 5.75 Å². The molecule has 0 amide bonds.